The first-order valence-electron chi connectivity index (χ1n) is 6.71. The van der Waals surface area contributed by atoms with E-state index in [0.717, 1.165) is 12.8 Å². The average Bonchev–Trinajstić information content (AvgIpc) is 2.38. The zero-order chi connectivity index (χ0) is 14.5. The van der Waals surface area contributed by atoms with Gasteiger partial charge in [0, 0.05) is 13.7 Å². The molecule has 1 amide bonds. The van der Waals surface area contributed by atoms with Crippen molar-refractivity contribution in [3.05, 3.63) is 0 Å². The number of hydrogen-bond donors (Lipinski definition) is 3. The van der Waals surface area contributed by atoms with Gasteiger partial charge in [-0.25, -0.2) is 4.79 Å². The number of carboxylic acid groups (broad SMARTS) is 1. The van der Waals surface area contributed by atoms with Crippen molar-refractivity contribution in [3.63, 3.8) is 0 Å². The summed E-state index contributed by atoms with van der Waals surface area (Å²) >= 11 is 0. The molecule has 1 fully saturated rings. The topological polar surface area (TPSA) is 102 Å². The molecule has 1 rings (SSSR count). The van der Waals surface area contributed by atoms with Crippen LogP contribution in [-0.4, -0.2) is 42.3 Å². The van der Waals surface area contributed by atoms with Gasteiger partial charge in [0.25, 0.3) is 0 Å². The predicted octanol–water partition coefficient (Wildman–Crippen LogP) is 0.500. The van der Waals surface area contributed by atoms with E-state index in [4.69, 9.17) is 10.5 Å². The molecule has 1 unspecified atom stereocenters. The van der Waals surface area contributed by atoms with Gasteiger partial charge >= 0.3 is 5.97 Å². The van der Waals surface area contributed by atoms with Crippen LogP contribution in [0.3, 0.4) is 0 Å². The smallest absolute Gasteiger partial charge is 0.329 e. The van der Waals surface area contributed by atoms with Crippen LogP contribution in [0, 0.1) is 5.92 Å². The highest BCUT2D eigenvalue weighted by atomic mass is 16.5. The van der Waals surface area contributed by atoms with Crippen molar-refractivity contribution in [3.8, 4) is 0 Å². The molecule has 1 aliphatic rings. The fraction of sp³-hybridized carbons (Fsp3) is 0.846. The predicted molar refractivity (Wildman–Crippen MR) is 70.6 cm³/mol. The molecule has 0 heterocycles. The van der Waals surface area contributed by atoms with Crippen LogP contribution in [0.5, 0.6) is 0 Å². The monoisotopic (exact) mass is 272 g/mol. The Hall–Kier alpha value is -1.14. The van der Waals surface area contributed by atoms with E-state index in [0.29, 0.717) is 31.8 Å². The molecule has 0 radical (unpaired) electrons. The van der Waals surface area contributed by atoms with Crippen LogP contribution in [0.2, 0.25) is 0 Å². The molecule has 0 aromatic heterocycles. The first-order valence-corrected chi connectivity index (χ1v) is 6.71. The number of carbonyl (C=O) groups is 2. The van der Waals surface area contributed by atoms with Crippen molar-refractivity contribution >= 4 is 11.9 Å². The molecule has 0 aliphatic heterocycles. The van der Waals surface area contributed by atoms with Crippen LogP contribution in [-0.2, 0) is 14.3 Å². The zero-order valence-electron chi connectivity index (χ0n) is 11.6. The number of hydrogen-bond acceptors (Lipinski definition) is 4. The summed E-state index contributed by atoms with van der Waals surface area (Å²) in [5.41, 5.74) is 4.58. The summed E-state index contributed by atoms with van der Waals surface area (Å²) < 4.78 is 4.86. The summed E-state index contributed by atoms with van der Waals surface area (Å²) in [5.74, 6) is -0.868. The van der Waals surface area contributed by atoms with Crippen LogP contribution in [0.25, 0.3) is 0 Å². The Morgan fingerprint density at radius 3 is 2.53 bits per heavy atom. The van der Waals surface area contributed by atoms with Crippen molar-refractivity contribution in [1.29, 1.82) is 0 Å². The number of nitrogens with two attached hydrogens (primary N) is 1. The lowest BCUT2D eigenvalue weighted by molar-refractivity contribution is -0.150. The third-order valence-electron chi connectivity index (χ3n) is 3.87. The number of carbonyl (C=O) groups excluding carboxylic acids is 1. The van der Waals surface area contributed by atoms with E-state index in [2.05, 4.69) is 12.2 Å². The van der Waals surface area contributed by atoms with Crippen LogP contribution >= 0.6 is 0 Å². The molecule has 19 heavy (non-hydrogen) atoms. The second-order valence-corrected chi connectivity index (χ2v) is 5.45. The summed E-state index contributed by atoms with van der Waals surface area (Å²) in [7, 11) is 1.53. The summed E-state index contributed by atoms with van der Waals surface area (Å²) in [6.45, 7) is 2.48. The number of carboxylic acids is 1. The molecule has 6 nitrogen and oxygen atoms in total. The van der Waals surface area contributed by atoms with E-state index in [1.165, 1.54) is 7.11 Å². The molecule has 1 atom stereocenters. The van der Waals surface area contributed by atoms with E-state index in [-0.39, 0.29) is 0 Å². The van der Waals surface area contributed by atoms with Gasteiger partial charge in [0.2, 0.25) is 5.91 Å². The zero-order valence-corrected chi connectivity index (χ0v) is 11.6. The molecule has 6 heteroatoms. The van der Waals surface area contributed by atoms with E-state index in [1.54, 1.807) is 0 Å². The normalized spacial score (nSPS) is 28.7. The first kappa shape index (κ1) is 15.9. The van der Waals surface area contributed by atoms with Crippen molar-refractivity contribution in [2.45, 2.75) is 50.6 Å². The molecule has 110 valence electrons. The SMILES string of the molecule is COCCC(N)C(=O)NC1(C(=O)O)CCC(C)CC1. The van der Waals surface area contributed by atoms with Gasteiger partial charge in [0.15, 0.2) is 0 Å². The summed E-state index contributed by atoms with van der Waals surface area (Å²) in [6.07, 6.45) is 2.92. The second kappa shape index (κ2) is 6.86. The number of methoxy groups -OCH3 is 1. The van der Waals surface area contributed by atoms with Crippen LogP contribution in [0.4, 0.5) is 0 Å². The largest absolute Gasteiger partial charge is 0.480 e. The lowest BCUT2D eigenvalue weighted by Crippen LogP contribution is -2.59. The number of ether oxygens (including phenoxy) is 1. The van der Waals surface area contributed by atoms with Crippen LogP contribution in [0.15, 0.2) is 0 Å². The number of rotatable bonds is 6. The average molecular weight is 272 g/mol. The second-order valence-electron chi connectivity index (χ2n) is 5.45. The lowest BCUT2D eigenvalue weighted by Gasteiger charge is -2.37. The minimum Gasteiger partial charge on any atom is -0.480 e. The van der Waals surface area contributed by atoms with Crippen molar-refractivity contribution in [1.82, 2.24) is 5.32 Å². The number of amides is 1. The fourth-order valence-electron chi connectivity index (χ4n) is 2.35. The van der Waals surface area contributed by atoms with Gasteiger partial charge in [0.1, 0.15) is 5.54 Å². The Bertz CT molecular complexity index is 325. The third-order valence-corrected chi connectivity index (χ3v) is 3.87. The molecular weight excluding hydrogens is 248 g/mol. The minimum atomic E-state index is -1.14. The summed E-state index contributed by atoms with van der Waals surface area (Å²) in [5, 5.41) is 12.0. The molecule has 0 aromatic rings. The molecule has 4 N–H and O–H groups in total. The van der Waals surface area contributed by atoms with E-state index < -0.39 is 23.5 Å². The highest BCUT2D eigenvalue weighted by molar-refractivity contribution is 5.89. The maximum Gasteiger partial charge on any atom is 0.329 e. The van der Waals surface area contributed by atoms with Gasteiger partial charge in [-0.15, -0.1) is 0 Å². The van der Waals surface area contributed by atoms with Gasteiger partial charge in [0.05, 0.1) is 6.04 Å². The molecule has 0 saturated heterocycles. The van der Waals surface area contributed by atoms with Gasteiger partial charge < -0.3 is 20.9 Å². The van der Waals surface area contributed by atoms with Gasteiger partial charge in [-0.3, -0.25) is 4.79 Å². The molecule has 1 aliphatic carbocycles. The maximum absolute atomic E-state index is 12.0. The Labute approximate surface area is 113 Å². The maximum atomic E-state index is 12.0. The molecule has 0 aromatic carbocycles. The molecule has 0 spiro atoms. The Morgan fingerprint density at radius 1 is 1.47 bits per heavy atom. The van der Waals surface area contributed by atoms with Crippen LogP contribution in [0.1, 0.15) is 39.0 Å². The highest BCUT2D eigenvalue weighted by Crippen LogP contribution is 2.32. The Morgan fingerprint density at radius 2 is 2.05 bits per heavy atom. The van der Waals surface area contributed by atoms with Gasteiger partial charge in [-0.1, -0.05) is 6.92 Å². The van der Waals surface area contributed by atoms with Crippen LogP contribution < -0.4 is 11.1 Å². The molecule has 0 bridgehead atoms. The molecular formula is C13H24N2O4. The standard InChI is InChI=1S/C13H24N2O4/c1-9-3-6-13(7-4-9,12(17)18)15-11(16)10(14)5-8-19-2/h9-10H,3-8,14H2,1-2H3,(H,15,16)(H,17,18). The van der Waals surface area contributed by atoms with Crippen molar-refractivity contribution in [2.24, 2.45) is 11.7 Å². The fourth-order valence-corrected chi connectivity index (χ4v) is 2.35. The lowest BCUT2D eigenvalue weighted by atomic mass is 9.77. The first-order chi connectivity index (χ1) is 8.91. The number of nitrogens with one attached hydrogen (secondary N) is 1. The molecule has 1 saturated carbocycles. The Balaban J connectivity index is 2.63. The van der Waals surface area contributed by atoms with Gasteiger partial charge in [-0.2, -0.15) is 0 Å². The number of aliphatic carboxylic acids is 1. The van der Waals surface area contributed by atoms with E-state index >= 15 is 0 Å². The van der Waals surface area contributed by atoms with Crippen molar-refractivity contribution < 1.29 is 19.4 Å². The summed E-state index contributed by atoms with van der Waals surface area (Å²) in [4.78, 5) is 23.4. The van der Waals surface area contributed by atoms with E-state index in [9.17, 15) is 14.7 Å². The quantitative estimate of drug-likeness (QED) is 0.653. The minimum absolute atomic E-state index is 0.381. The third kappa shape index (κ3) is 4.18. The van der Waals surface area contributed by atoms with E-state index in [1.807, 2.05) is 0 Å². The van der Waals surface area contributed by atoms with Gasteiger partial charge in [-0.05, 0) is 38.0 Å². The Kier molecular flexibility index (Phi) is 5.75. The highest BCUT2D eigenvalue weighted by Gasteiger charge is 2.43. The van der Waals surface area contributed by atoms with Crippen molar-refractivity contribution in [2.75, 3.05) is 13.7 Å². The summed E-state index contributed by atoms with van der Waals surface area (Å²) in [6, 6.07) is -0.726.